The molecule has 0 heterocycles. The zero-order chi connectivity index (χ0) is 12.3. The monoisotopic (exact) mass is 329 g/mol. The molecule has 88 valence electrons. The zero-order valence-corrected chi connectivity index (χ0v) is 12.0. The minimum absolute atomic E-state index is 0.708. The highest BCUT2D eigenvalue weighted by atomic mass is 79.9. The molecule has 0 unspecified atom stereocenters. The quantitative estimate of drug-likeness (QED) is 0.797. The number of hydrogen-bond acceptors (Lipinski definition) is 1. The van der Waals surface area contributed by atoms with E-state index in [-0.39, 0.29) is 0 Å². The molecule has 17 heavy (non-hydrogen) atoms. The minimum atomic E-state index is 0.708. The van der Waals surface area contributed by atoms with Gasteiger partial charge in [0.15, 0.2) is 0 Å². The van der Waals surface area contributed by atoms with E-state index in [9.17, 15) is 0 Å². The molecule has 0 radical (unpaired) electrons. The van der Waals surface area contributed by atoms with Crippen molar-refractivity contribution in [3.05, 3.63) is 62.5 Å². The lowest BCUT2D eigenvalue weighted by molar-refractivity contribution is 1.15. The van der Waals surface area contributed by atoms with Gasteiger partial charge < -0.3 is 5.32 Å². The van der Waals surface area contributed by atoms with E-state index < -0.39 is 0 Å². The van der Waals surface area contributed by atoms with Gasteiger partial charge in [0.25, 0.3) is 0 Å². The van der Waals surface area contributed by atoms with Crippen LogP contribution < -0.4 is 5.32 Å². The molecule has 0 aromatic heterocycles. The Morgan fingerprint density at radius 3 is 2.47 bits per heavy atom. The summed E-state index contributed by atoms with van der Waals surface area (Å²) < 4.78 is 0.901. The molecule has 0 amide bonds. The highest BCUT2D eigenvalue weighted by Gasteiger charge is 2.01. The molecule has 2 rings (SSSR count). The molecule has 0 atom stereocenters. The SMILES string of the molecule is Clc1ccc(CNc2ccccc2Cl)cc1Br. The van der Waals surface area contributed by atoms with Crippen LogP contribution >= 0.6 is 39.1 Å². The summed E-state index contributed by atoms with van der Waals surface area (Å²) in [7, 11) is 0. The van der Waals surface area contributed by atoms with Crippen molar-refractivity contribution in [2.45, 2.75) is 6.54 Å². The lowest BCUT2D eigenvalue weighted by Gasteiger charge is -2.08. The predicted molar refractivity (Wildman–Crippen MR) is 77.9 cm³/mol. The van der Waals surface area contributed by atoms with Gasteiger partial charge in [-0.15, -0.1) is 0 Å². The van der Waals surface area contributed by atoms with Gasteiger partial charge in [0.1, 0.15) is 0 Å². The average molecular weight is 331 g/mol. The number of hydrogen-bond donors (Lipinski definition) is 1. The van der Waals surface area contributed by atoms with Gasteiger partial charge in [0, 0.05) is 11.0 Å². The minimum Gasteiger partial charge on any atom is -0.380 e. The molecular formula is C13H10BrCl2N. The number of halogens is 3. The second-order valence-electron chi connectivity index (χ2n) is 3.58. The van der Waals surface area contributed by atoms with Crippen LogP contribution in [-0.2, 0) is 6.54 Å². The summed E-state index contributed by atoms with van der Waals surface area (Å²) in [4.78, 5) is 0. The van der Waals surface area contributed by atoms with Crippen molar-refractivity contribution in [1.29, 1.82) is 0 Å². The maximum absolute atomic E-state index is 6.05. The van der Waals surface area contributed by atoms with Gasteiger partial charge in [0.05, 0.1) is 15.7 Å². The molecule has 0 saturated heterocycles. The first-order valence-corrected chi connectivity index (χ1v) is 6.64. The number of benzene rings is 2. The molecule has 1 nitrogen and oxygen atoms in total. The van der Waals surface area contributed by atoms with Gasteiger partial charge in [-0.2, -0.15) is 0 Å². The van der Waals surface area contributed by atoms with E-state index in [1.165, 1.54) is 0 Å². The van der Waals surface area contributed by atoms with Crippen molar-refractivity contribution in [2.75, 3.05) is 5.32 Å². The summed E-state index contributed by atoms with van der Waals surface area (Å²) in [5.74, 6) is 0. The largest absolute Gasteiger partial charge is 0.380 e. The molecule has 0 saturated carbocycles. The molecule has 0 aliphatic carbocycles. The van der Waals surface area contributed by atoms with E-state index in [0.29, 0.717) is 11.6 Å². The van der Waals surface area contributed by atoms with Crippen molar-refractivity contribution in [1.82, 2.24) is 0 Å². The summed E-state index contributed by atoms with van der Waals surface area (Å²) in [5, 5.41) is 4.72. The molecule has 0 aliphatic rings. The van der Waals surface area contributed by atoms with Crippen molar-refractivity contribution in [3.63, 3.8) is 0 Å². The average Bonchev–Trinajstić information content (AvgIpc) is 2.32. The van der Waals surface area contributed by atoms with Gasteiger partial charge in [-0.1, -0.05) is 41.4 Å². The van der Waals surface area contributed by atoms with Crippen LogP contribution in [0.15, 0.2) is 46.9 Å². The van der Waals surface area contributed by atoms with Gasteiger partial charge in [0.2, 0.25) is 0 Å². The third-order valence-corrected chi connectivity index (χ3v) is 3.88. The Balaban J connectivity index is 2.08. The van der Waals surface area contributed by atoms with Gasteiger partial charge in [-0.3, -0.25) is 0 Å². The third-order valence-electron chi connectivity index (χ3n) is 2.34. The van der Waals surface area contributed by atoms with Crippen LogP contribution in [0.25, 0.3) is 0 Å². The van der Waals surface area contributed by atoms with E-state index in [4.69, 9.17) is 23.2 Å². The highest BCUT2D eigenvalue weighted by molar-refractivity contribution is 9.10. The molecule has 1 N–H and O–H groups in total. The Kier molecular flexibility index (Phi) is 4.32. The van der Waals surface area contributed by atoms with Crippen LogP contribution in [0.1, 0.15) is 5.56 Å². The van der Waals surface area contributed by atoms with Crippen LogP contribution in [0, 0.1) is 0 Å². The number of rotatable bonds is 3. The second-order valence-corrected chi connectivity index (χ2v) is 5.25. The maximum Gasteiger partial charge on any atom is 0.0637 e. The Morgan fingerprint density at radius 1 is 1.00 bits per heavy atom. The first-order valence-electron chi connectivity index (χ1n) is 5.09. The van der Waals surface area contributed by atoms with Gasteiger partial charge >= 0.3 is 0 Å². The maximum atomic E-state index is 6.05. The summed E-state index contributed by atoms with van der Waals surface area (Å²) in [6.07, 6.45) is 0. The second kappa shape index (κ2) is 5.76. The van der Waals surface area contributed by atoms with Crippen LogP contribution in [0.4, 0.5) is 5.69 Å². The van der Waals surface area contributed by atoms with Crippen LogP contribution in [-0.4, -0.2) is 0 Å². The van der Waals surface area contributed by atoms with E-state index in [2.05, 4.69) is 21.2 Å². The van der Waals surface area contributed by atoms with Crippen molar-refractivity contribution in [3.8, 4) is 0 Å². The van der Waals surface area contributed by atoms with E-state index in [1.54, 1.807) is 0 Å². The molecule has 0 spiro atoms. The third kappa shape index (κ3) is 3.38. The molecule has 2 aromatic rings. The zero-order valence-electron chi connectivity index (χ0n) is 8.88. The summed E-state index contributed by atoms with van der Waals surface area (Å²) in [6, 6.07) is 13.5. The van der Waals surface area contributed by atoms with E-state index in [1.807, 2.05) is 42.5 Å². The van der Waals surface area contributed by atoms with Crippen LogP contribution in [0.2, 0.25) is 10.0 Å². The standard InChI is InChI=1S/C13H10BrCl2N/c14-10-7-9(5-6-11(10)15)8-17-13-4-2-1-3-12(13)16/h1-7,17H,8H2. The molecule has 2 aromatic carbocycles. The number of anilines is 1. The van der Waals surface area contributed by atoms with E-state index >= 15 is 0 Å². The van der Waals surface area contributed by atoms with Crippen LogP contribution in [0.3, 0.4) is 0 Å². The first kappa shape index (κ1) is 12.7. The molecule has 0 aliphatic heterocycles. The number of para-hydroxylation sites is 1. The predicted octanol–water partition coefficient (Wildman–Crippen LogP) is 5.37. The fraction of sp³-hybridized carbons (Fsp3) is 0.0769. The summed E-state index contributed by atoms with van der Waals surface area (Å²) in [6.45, 7) is 0.708. The molecule has 0 bridgehead atoms. The highest BCUT2D eigenvalue weighted by Crippen LogP contribution is 2.25. The van der Waals surface area contributed by atoms with Crippen LogP contribution in [0.5, 0.6) is 0 Å². The Bertz CT molecular complexity index is 529. The molecule has 4 heteroatoms. The van der Waals surface area contributed by atoms with Crippen molar-refractivity contribution < 1.29 is 0 Å². The summed E-state index contributed by atoms with van der Waals surface area (Å²) >= 11 is 15.4. The molecule has 0 fully saturated rings. The van der Waals surface area contributed by atoms with Gasteiger partial charge in [-0.25, -0.2) is 0 Å². The fourth-order valence-corrected chi connectivity index (χ4v) is 2.20. The normalized spacial score (nSPS) is 10.3. The Labute approximate surface area is 119 Å². The number of nitrogens with one attached hydrogen (secondary N) is 1. The molecular weight excluding hydrogens is 321 g/mol. The lowest BCUT2D eigenvalue weighted by atomic mass is 10.2. The first-order chi connectivity index (χ1) is 8.16. The van der Waals surface area contributed by atoms with Gasteiger partial charge in [-0.05, 0) is 45.8 Å². The van der Waals surface area contributed by atoms with Crippen molar-refractivity contribution >= 4 is 44.8 Å². The summed E-state index contributed by atoms with van der Waals surface area (Å²) in [5.41, 5.74) is 2.07. The Morgan fingerprint density at radius 2 is 1.76 bits per heavy atom. The smallest absolute Gasteiger partial charge is 0.0637 e. The topological polar surface area (TPSA) is 12.0 Å². The fourth-order valence-electron chi connectivity index (χ4n) is 1.45. The Hall–Kier alpha value is -0.700. The van der Waals surface area contributed by atoms with Crippen molar-refractivity contribution in [2.24, 2.45) is 0 Å². The lowest BCUT2D eigenvalue weighted by Crippen LogP contribution is -1.99. The van der Waals surface area contributed by atoms with E-state index in [0.717, 1.165) is 20.7 Å².